The first-order chi connectivity index (χ1) is 9.54. The molecule has 0 radical (unpaired) electrons. The molecule has 0 spiro atoms. The Labute approximate surface area is 119 Å². The van der Waals surface area contributed by atoms with Crippen molar-refractivity contribution in [3.8, 4) is 0 Å². The Kier molecular flexibility index (Phi) is 4.42. The van der Waals surface area contributed by atoms with E-state index in [1.54, 1.807) is 31.3 Å². The zero-order valence-corrected chi connectivity index (χ0v) is 12.4. The Bertz CT molecular complexity index is 697. The number of sulfonamides is 1. The van der Waals surface area contributed by atoms with Gasteiger partial charge in [0.2, 0.25) is 10.0 Å². The van der Waals surface area contributed by atoms with Crippen LogP contribution in [0.4, 0.5) is 5.69 Å². The molecule has 106 valence electrons. The normalized spacial score (nSPS) is 11.3. The third kappa shape index (κ3) is 3.18. The quantitative estimate of drug-likeness (QED) is 0.889. The zero-order valence-electron chi connectivity index (χ0n) is 11.6. The molecular formula is C15H18N2O2S. The molecular weight excluding hydrogens is 272 g/mol. The maximum Gasteiger partial charge on any atom is 0.242 e. The molecule has 0 bridgehead atoms. The fourth-order valence-electron chi connectivity index (χ4n) is 1.97. The van der Waals surface area contributed by atoms with Crippen LogP contribution in [0.5, 0.6) is 0 Å². The maximum atomic E-state index is 12.3. The summed E-state index contributed by atoms with van der Waals surface area (Å²) in [6.07, 6.45) is 0. The van der Waals surface area contributed by atoms with Crippen LogP contribution in [0.15, 0.2) is 53.4 Å². The molecule has 0 heterocycles. The summed E-state index contributed by atoms with van der Waals surface area (Å²) in [5, 5.41) is 2.89. The van der Waals surface area contributed by atoms with Gasteiger partial charge in [0.15, 0.2) is 0 Å². The second kappa shape index (κ2) is 6.07. The van der Waals surface area contributed by atoms with E-state index in [0.717, 1.165) is 11.1 Å². The van der Waals surface area contributed by atoms with Gasteiger partial charge >= 0.3 is 0 Å². The summed E-state index contributed by atoms with van der Waals surface area (Å²) in [7, 11) is -1.83. The molecule has 2 N–H and O–H groups in total. The highest BCUT2D eigenvalue weighted by Crippen LogP contribution is 2.20. The summed E-state index contributed by atoms with van der Waals surface area (Å²) in [6.45, 7) is 2.25. The van der Waals surface area contributed by atoms with Crippen LogP contribution in [0, 0.1) is 6.92 Å². The number of rotatable bonds is 5. The van der Waals surface area contributed by atoms with Crippen molar-refractivity contribution in [3.63, 3.8) is 0 Å². The number of para-hydroxylation sites is 1. The highest BCUT2D eigenvalue weighted by molar-refractivity contribution is 7.89. The number of hydrogen-bond donors (Lipinski definition) is 2. The van der Waals surface area contributed by atoms with Gasteiger partial charge < -0.3 is 5.32 Å². The molecule has 2 aromatic rings. The summed E-state index contributed by atoms with van der Waals surface area (Å²) in [4.78, 5) is 0.260. The Balaban J connectivity index is 2.22. The van der Waals surface area contributed by atoms with Gasteiger partial charge in [-0.1, -0.05) is 36.4 Å². The number of nitrogens with one attached hydrogen (secondary N) is 2. The predicted molar refractivity (Wildman–Crippen MR) is 81.2 cm³/mol. The fourth-order valence-corrected chi connectivity index (χ4v) is 3.18. The minimum Gasteiger partial charge on any atom is -0.387 e. The molecule has 0 aromatic heterocycles. The van der Waals surface area contributed by atoms with E-state index in [0.29, 0.717) is 5.69 Å². The van der Waals surface area contributed by atoms with Crippen molar-refractivity contribution in [3.05, 3.63) is 59.7 Å². The van der Waals surface area contributed by atoms with Gasteiger partial charge in [-0.3, -0.25) is 0 Å². The van der Waals surface area contributed by atoms with Crippen molar-refractivity contribution in [2.45, 2.75) is 18.4 Å². The third-order valence-electron chi connectivity index (χ3n) is 3.16. The first-order valence-corrected chi connectivity index (χ1v) is 7.84. The fraction of sp³-hybridized carbons (Fsp3) is 0.200. The smallest absolute Gasteiger partial charge is 0.242 e. The molecule has 4 nitrogen and oxygen atoms in total. The third-order valence-corrected chi connectivity index (χ3v) is 4.62. The topological polar surface area (TPSA) is 58.2 Å². The number of benzene rings is 2. The van der Waals surface area contributed by atoms with Crippen LogP contribution >= 0.6 is 0 Å². The number of aryl methyl sites for hydroxylation is 1. The molecule has 0 aliphatic rings. The molecule has 0 amide bonds. The lowest BCUT2D eigenvalue weighted by Crippen LogP contribution is -2.24. The van der Waals surface area contributed by atoms with E-state index in [9.17, 15) is 8.42 Å². The van der Waals surface area contributed by atoms with Crippen LogP contribution in [0.3, 0.4) is 0 Å². The summed E-state index contributed by atoms with van der Waals surface area (Å²) in [5.74, 6) is 0. The van der Waals surface area contributed by atoms with E-state index in [1.807, 2.05) is 31.2 Å². The Morgan fingerprint density at radius 2 is 1.65 bits per heavy atom. The first kappa shape index (κ1) is 14.6. The van der Waals surface area contributed by atoms with E-state index in [-0.39, 0.29) is 11.4 Å². The zero-order chi connectivity index (χ0) is 14.6. The standard InChI is InChI=1S/C15H18N2O2S/c1-12-7-3-4-8-13(12)11-17-20(18,19)15-10-6-5-9-14(15)16-2/h3-10,16-17H,11H2,1-2H3. The molecule has 0 aliphatic heterocycles. The van der Waals surface area contributed by atoms with Crippen LogP contribution < -0.4 is 10.0 Å². The van der Waals surface area contributed by atoms with Crippen LogP contribution in [0.2, 0.25) is 0 Å². The van der Waals surface area contributed by atoms with Crippen LogP contribution in [-0.2, 0) is 16.6 Å². The van der Waals surface area contributed by atoms with Crippen molar-refractivity contribution in [2.24, 2.45) is 0 Å². The average molecular weight is 290 g/mol. The lowest BCUT2D eigenvalue weighted by atomic mass is 10.1. The van der Waals surface area contributed by atoms with Crippen molar-refractivity contribution in [1.82, 2.24) is 4.72 Å². The highest BCUT2D eigenvalue weighted by atomic mass is 32.2. The highest BCUT2D eigenvalue weighted by Gasteiger charge is 2.17. The molecule has 0 aliphatic carbocycles. The van der Waals surface area contributed by atoms with Crippen molar-refractivity contribution < 1.29 is 8.42 Å². The van der Waals surface area contributed by atoms with E-state index in [4.69, 9.17) is 0 Å². The molecule has 2 aromatic carbocycles. The van der Waals surface area contributed by atoms with Crippen molar-refractivity contribution >= 4 is 15.7 Å². The van der Waals surface area contributed by atoms with Crippen molar-refractivity contribution in [2.75, 3.05) is 12.4 Å². The van der Waals surface area contributed by atoms with Gasteiger partial charge in [-0.15, -0.1) is 0 Å². The minimum atomic E-state index is -3.53. The van der Waals surface area contributed by atoms with E-state index < -0.39 is 10.0 Å². The Hall–Kier alpha value is -1.85. The second-order valence-corrected chi connectivity index (χ2v) is 6.23. The monoisotopic (exact) mass is 290 g/mol. The van der Waals surface area contributed by atoms with Gasteiger partial charge in [-0.2, -0.15) is 0 Å². The summed E-state index contributed by atoms with van der Waals surface area (Å²) in [6, 6.07) is 14.6. The average Bonchev–Trinajstić information content (AvgIpc) is 2.46. The number of hydrogen-bond acceptors (Lipinski definition) is 3. The Morgan fingerprint density at radius 1 is 1.00 bits per heavy atom. The van der Waals surface area contributed by atoms with Gasteiger partial charge in [0, 0.05) is 13.6 Å². The van der Waals surface area contributed by atoms with Gasteiger partial charge in [0.1, 0.15) is 4.90 Å². The van der Waals surface area contributed by atoms with Gasteiger partial charge in [-0.05, 0) is 30.2 Å². The van der Waals surface area contributed by atoms with Gasteiger partial charge in [0.25, 0.3) is 0 Å². The molecule has 0 atom stereocenters. The van der Waals surface area contributed by atoms with Gasteiger partial charge in [-0.25, -0.2) is 13.1 Å². The first-order valence-electron chi connectivity index (χ1n) is 6.35. The Morgan fingerprint density at radius 3 is 2.35 bits per heavy atom. The van der Waals surface area contributed by atoms with E-state index >= 15 is 0 Å². The molecule has 2 rings (SSSR count). The number of anilines is 1. The molecule has 0 fully saturated rings. The molecule has 5 heteroatoms. The molecule has 0 saturated heterocycles. The minimum absolute atomic E-state index is 0.260. The summed E-state index contributed by atoms with van der Waals surface area (Å²) < 4.78 is 27.3. The van der Waals surface area contributed by atoms with E-state index in [1.165, 1.54) is 0 Å². The summed E-state index contributed by atoms with van der Waals surface area (Å²) >= 11 is 0. The SMILES string of the molecule is CNc1ccccc1S(=O)(=O)NCc1ccccc1C. The maximum absolute atomic E-state index is 12.3. The lowest BCUT2D eigenvalue weighted by molar-refractivity contribution is 0.581. The predicted octanol–water partition coefficient (Wildman–Crippen LogP) is 2.52. The lowest BCUT2D eigenvalue weighted by Gasteiger charge is -2.12. The molecule has 0 unspecified atom stereocenters. The van der Waals surface area contributed by atoms with Gasteiger partial charge in [0.05, 0.1) is 5.69 Å². The largest absolute Gasteiger partial charge is 0.387 e. The molecule has 20 heavy (non-hydrogen) atoms. The second-order valence-electron chi connectivity index (χ2n) is 4.50. The van der Waals surface area contributed by atoms with Crippen LogP contribution in [0.25, 0.3) is 0 Å². The van der Waals surface area contributed by atoms with Crippen LogP contribution in [0.1, 0.15) is 11.1 Å². The van der Waals surface area contributed by atoms with Crippen molar-refractivity contribution in [1.29, 1.82) is 0 Å². The summed E-state index contributed by atoms with van der Waals surface area (Å²) in [5.41, 5.74) is 2.62. The van der Waals surface area contributed by atoms with E-state index in [2.05, 4.69) is 10.0 Å². The molecule has 0 saturated carbocycles. The van der Waals surface area contributed by atoms with Crippen LogP contribution in [-0.4, -0.2) is 15.5 Å².